The molecule has 1 aromatic carbocycles. The summed E-state index contributed by atoms with van der Waals surface area (Å²) in [6.45, 7) is 1.53. The van der Waals surface area contributed by atoms with Crippen LogP contribution in [-0.4, -0.2) is 38.1 Å². The monoisotopic (exact) mass is 467 g/mol. The number of piperidine rings is 1. The predicted octanol–water partition coefficient (Wildman–Crippen LogP) is 3.86. The van der Waals surface area contributed by atoms with Crippen molar-refractivity contribution >= 4 is 21.7 Å². The molecule has 0 aliphatic carbocycles. The third kappa shape index (κ3) is 8.47. The van der Waals surface area contributed by atoms with E-state index in [1.807, 2.05) is 0 Å². The van der Waals surface area contributed by atoms with Crippen molar-refractivity contribution in [2.75, 3.05) is 11.5 Å². The summed E-state index contributed by atoms with van der Waals surface area (Å²) in [6, 6.07) is 2.91. The maximum Gasteiger partial charge on any atom is 0.573 e. The average molecular weight is 467 g/mol. The van der Waals surface area contributed by atoms with Crippen molar-refractivity contribution in [3.05, 3.63) is 29.6 Å². The Morgan fingerprint density at radius 3 is 2.55 bits per heavy atom. The molecule has 1 heterocycles. The molecule has 0 radical (unpaired) electrons. The second-order valence-corrected chi connectivity index (χ2v) is 9.98. The quantitative estimate of drug-likeness (QED) is 0.321. The number of benzene rings is 1. The van der Waals surface area contributed by atoms with E-state index in [-0.39, 0.29) is 34.8 Å². The molecule has 11 heteroatoms. The van der Waals surface area contributed by atoms with Crippen molar-refractivity contribution in [2.24, 2.45) is 5.92 Å². The fourth-order valence-electron chi connectivity index (χ4n) is 3.49. The topological polar surface area (TPSA) is 89.5 Å². The van der Waals surface area contributed by atoms with Crippen molar-refractivity contribution < 1.29 is 40.3 Å². The van der Waals surface area contributed by atoms with Gasteiger partial charge in [0.05, 0.1) is 11.5 Å². The van der Waals surface area contributed by atoms with Gasteiger partial charge in [-0.2, -0.15) is 0 Å². The standard InChI is InChI=1S/C20H25F4NO5S/c1-13(15-6-8-16(21)17(11-15)30-20(22,23)24)12-31(28,29)10-4-2-3-5-14-7-9-18(26)25-19(14)27/h6,8,11,13-14H,2-5,7,9-10,12H2,1H3,(H,25,26,27)/t13-,14?/m0/s1. The molecular formula is C20H25F4NO5S. The molecule has 1 unspecified atom stereocenters. The van der Waals surface area contributed by atoms with Crippen LogP contribution >= 0.6 is 0 Å². The molecule has 1 saturated heterocycles. The number of rotatable bonds is 10. The van der Waals surface area contributed by atoms with Crippen LogP contribution in [0.1, 0.15) is 56.9 Å². The SMILES string of the molecule is C[C@@H](CS(=O)(=O)CCCCCC1CCC(=O)NC1=O)c1ccc(F)c(OC(F)(F)F)c1. The molecule has 1 aliphatic heterocycles. The Bertz CT molecular complexity index is 901. The molecule has 1 N–H and O–H groups in total. The van der Waals surface area contributed by atoms with Gasteiger partial charge in [-0.05, 0) is 42.9 Å². The zero-order chi connectivity index (χ0) is 23.2. The Kier molecular flexibility index (Phi) is 8.44. The Balaban J connectivity index is 1.80. The van der Waals surface area contributed by atoms with Gasteiger partial charge in [-0.15, -0.1) is 13.2 Å². The van der Waals surface area contributed by atoms with E-state index in [9.17, 15) is 35.6 Å². The second-order valence-electron chi connectivity index (χ2n) is 7.75. The van der Waals surface area contributed by atoms with E-state index in [0.717, 1.165) is 12.1 Å². The van der Waals surface area contributed by atoms with Crippen molar-refractivity contribution in [1.29, 1.82) is 0 Å². The lowest BCUT2D eigenvalue weighted by atomic mass is 9.92. The first-order chi connectivity index (χ1) is 14.4. The van der Waals surface area contributed by atoms with E-state index in [4.69, 9.17) is 0 Å². The molecular weight excluding hydrogens is 442 g/mol. The van der Waals surface area contributed by atoms with Crippen molar-refractivity contribution in [2.45, 2.75) is 57.7 Å². The van der Waals surface area contributed by atoms with Crippen molar-refractivity contribution in [3.63, 3.8) is 0 Å². The fourth-order valence-corrected chi connectivity index (χ4v) is 5.26. The van der Waals surface area contributed by atoms with Gasteiger partial charge in [0.1, 0.15) is 0 Å². The summed E-state index contributed by atoms with van der Waals surface area (Å²) in [7, 11) is -3.49. The van der Waals surface area contributed by atoms with E-state index in [0.29, 0.717) is 38.5 Å². The van der Waals surface area contributed by atoms with Crippen LogP contribution < -0.4 is 10.1 Å². The van der Waals surface area contributed by atoms with Crippen LogP contribution in [-0.2, 0) is 19.4 Å². The summed E-state index contributed by atoms with van der Waals surface area (Å²) < 4.78 is 79.0. The average Bonchev–Trinajstić information content (AvgIpc) is 2.63. The lowest BCUT2D eigenvalue weighted by molar-refractivity contribution is -0.275. The van der Waals surface area contributed by atoms with Gasteiger partial charge in [-0.1, -0.05) is 25.8 Å². The Labute approximate surface area is 178 Å². The molecule has 0 spiro atoms. The van der Waals surface area contributed by atoms with Gasteiger partial charge in [-0.25, -0.2) is 12.8 Å². The second kappa shape index (κ2) is 10.4. The van der Waals surface area contributed by atoms with E-state index < -0.39 is 33.7 Å². The number of ether oxygens (including phenoxy) is 1. The summed E-state index contributed by atoms with van der Waals surface area (Å²) in [5.74, 6) is -4.03. The minimum Gasteiger partial charge on any atom is -0.403 e. The molecule has 2 atom stereocenters. The van der Waals surface area contributed by atoms with Gasteiger partial charge >= 0.3 is 6.36 Å². The van der Waals surface area contributed by atoms with Gasteiger partial charge < -0.3 is 4.74 Å². The van der Waals surface area contributed by atoms with Crippen LogP contribution in [0.15, 0.2) is 18.2 Å². The smallest absolute Gasteiger partial charge is 0.403 e. The van der Waals surface area contributed by atoms with Crippen LogP contribution in [0.3, 0.4) is 0 Å². The summed E-state index contributed by atoms with van der Waals surface area (Å²) >= 11 is 0. The first-order valence-electron chi connectivity index (χ1n) is 9.95. The van der Waals surface area contributed by atoms with E-state index in [1.165, 1.54) is 13.0 Å². The molecule has 2 amide bonds. The van der Waals surface area contributed by atoms with E-state index in [1.54, 1.807) is 0 Å². The number of alkyl halides is 3. The third-order valence-electron chi connectivity index (χ3n) is 5.12. The van der Waals surface area contributed by atoms with Gasteiger partial charge in [0, 0.05) is 12.3 Å². The highest BCUT2D eigenvalue weighted by atomic mass is 32.2. The fraction of sp³-hybridized carbons (Fsp3) is 0.600. The van der Waals surface area contributed by atoms with Crippen LogP contribution in [0.5, 0.6) is 5.75 Å². The lowest BCUT2D eigenvalue weighted by Crippen LogP contribution is -2.40. The van der Waals surface area contributed by atoms with Crippen LogP contribution in [0.2, 0.25) is 0 Å². The summed E-state index contributed by atoms with van der Waals surface area (Å²) in [5, 5.41) is 2.28. The normalized spacial score (nSPS) is 18.5. The number of imide groups is 1. The molecule has 1 fully saturated rings. The summed E-state index contributed by atoms with van der Waals surface area (Å²) in [4.78, 5) is 22.8. The molecule has 6 nitrogen and oxygen atoms in total. The Morgan fingerprint density at radius 1 is 1.19 bits per heavy atom. The van der Waals surface area contributed by atoms with Crippen LogP contribution in [0, 0.1) is 11.7 Å². The number of sulfone groups is 1. The van der Waals surface area contributed by atoms with Crippen LogP contribution in [0.25, 0.3) is 0 Å². The molecule has 0 bridgehead atoms. The Morgan fingerprint density at radius 2 is 1.90 bits per heavy atom. The minimum absolute atomic E-state index is 0.0974. The molecule has 0 aromatic heterocycles. The van der Waals surface area contributed by atoms with E-state index >= 15 is 0 Å². The number of hydrogen-bond acceptors (Lipinski definition) is 5. The zero-order valence-corrected chi connectivity index (χ0v) is 17.8. The predicted molar refractivity (Wildman–Crippen MR) is 104 cm³/mol. The van der Waals surface area contributed by atoms with Crippen molar-refractivity contribution in [3.8, 4) is 5.75 Å². The molecule has 174 valence electrons. The number of carbonyl (C=O) groups is 2. The number of halogens is 4. The van der Waals surface area contributed by atoms with Crippen molar-refractivity contribution in [1.82, 2.24) is 5.32 Å². The van der Waals surface area contributed by atoms with E-state index in [2.05, 4.69) is 10.1 Å². The highest BCUT2D eigenvalue weighted by Crippen LogP contribution is 2.29. The first kappa shape index (κ1) is 25.1. The maximum atomic E-state index is 13.5. The zero-order valence-electron chi connectivity index (χ0n) is 17.0. The van der Waals surface area contributed by atoms with Gasteiger partial charge in [0.15, 0.2) is 21.4 Å². The number of hydrogen-bond donors (Lipinski definition) is 1. The summed E-state index contributed by atoms with van der Waals surface area (Å²) in [5.41, 5.74) is 0.224. The number of unbranched alkanes of at least 4 members (excludes halogenated alkanes) is 2. The third-order valence-corrected chi connectivity index (χ3v) is 7.03. The number of carbonyl (C=O) groups excluding carboxylic acids is 2. The van der Waals surface area contributed by atoms with Gasteiger partial charge in [0.25, 0.3) is 0 Å². The molecule has 31 heavy (non-hydrogen) atoms. The van der Waals surface area contributed by atoms with Gasteiger partial charge in [0.2, 0.25) is 11.8 Å². The first-order valence-corrected chi connectivity index (χ1v) is 11.8. The molecule has 0 saturated carbocycles. The van der Waals surface area contributed by atoms with Gasteiger partial charge in [-0.3, -0.25) is 14.9 Å². The highest BCUT2D eigenvalue weighted by molar-refractivity contribution is 7.91. The molecule has 2 rings (SSSR count). The highest BCUT2D eigenvalue weighted by Gasteiger charge is 2.33. The largest absolute Gasteiger partial charge is 0.573 e. The summed E-state index contributed by atoms with van der Waals surface area (Å²) in [6.07, 6.45) is -2.05. The van der Waals surface area contributed by atoms with Crippen LogP contribution in [0.4, 0.5) is 17.6 Å². The minimum atomic E-state index is -5.05. The molecule has 1 aromatic rings. The number of nitrogens with one attached hydrogen (secondary N) is 1. The number of amides is 2. The molecule has 1 aliphatic rings. The Hall–Kier alpha value is -2.17. The lowest BCUT2D eigenvalue weighted by Gasteiger charge is -2.20. The maximum absolute atomic E-state index is 13.5.